The molecule has 2 aromatic rings. The van der Waals surface area contributed by atoms with Crippen LogP contribution in [0.4, 0.5) is 10.5 Å². The van der Waals surface area contributed by atoms with Crippen LogP contribution in [0.2, 0.25) is 5.02 Å². The van der Waals surface area contributed by atoms with Crippen LogP contribution in [0.25, 0.3) is 0 Å². The average molecular weight is 373 g/mol. The lowest BCUT2D eigenvalue weighted by atomic mass is 10.1. The van der Waals surface area contributed by atoms with Crippen LogP contribution in [0.1, 0.15) is 24.0 Å². The Balaban J connectivity index is 1.62. The van der Waals surface area contributed by atoms with Gasteiger partial charge in [-0.2, -0.15) is 0 Å². The van der Waals surface area contributed by atoms with E-state index in [1.807, 2.05) is 43.3 Å². The molecule has 1 atom stereocenters. The molecule has 0 saturated carbocycles. The maximum atomic E-state index is 12.7. The molecule has 1 unspecified atom stereocenters. The zero-order valence-electron chi connectivity index (χ0n) is 14.6. The van der Waals surface area contributed by atoms with Gasteiger partial charge in [0, 0.05) is 17.3 Å². The van der Waals surface area contributed by atoms with E-state index in [0.29, 0.717) is 23.7 Å². The van der Waals surface area contributed by atoms with E-state index in [9.17, 15) is 9.59 Å². The smallest absolute Gasteiger partial charge is 0.410 e. The molecule has 1 N–H and O–H groups in total. The van der Waals surface area contributed by atoms with Gasteiger partial charge in [-0.25, -0.2) is 4.79 Å². The van der Waals surface area contributed by atoms with Gasteiger partial charge >= 0.3 is 6.09 Å². The molecule has 136 valence electrons. The largest absolute Gasteiger partial charge is 0.445 e. The zero-order valence-corrected chi connectivity index (χ0v) is 15.3. The van der Waals surface area contributed by atoms with Crippen molar-refractivity contribution in [3.05, 3.63) is 64.7 Å². The summed E-state index contributed by atoms with van der Waals surface area (Å²) in [6.07, 6.45) is 0.924. The number of carbonyl (C=O) groups is 2. The van der Waals surface area contributed by atoms with Gasteiger partial charge < -0.3 is 10.1 Å². The van der Waals surface area contributed by atoms with Crippen molar-refractivity contribution >= 4 is 29.3 Å². The van der Waals surface area contributed by atoms with E-state index in [2.05, 4.69) is 5.32 Å². The van der Waals surface area contributed by atoms with Gasteiger partial charge in [0.25, 0.3) is 0 Å². The molecule has 3 rings (SSSR count). The normalized spacial score (nSPS) is 16.4. The molecule has 1 saturated heterocycles. The topological polar surface area (TPSA) is 58.6 Å². The third kappa shape index (κ3) is 4.35. The molecule has 2 aromatic carbocycles. The molecule has 1 aliphatic heterocycles. The van der Waals surface area contributed by atoms with Crippen LogP contribution in [-0.2, 0) is 16.1 Å². The molecule has 0 aliphatic carbocycles. The highest BCUT2D eigenvalue weighted by atomic mass is 35.5. The Bertz CT molecular complexity index is 795. The Morgan fingerprint density at radius 3 is 2.77 bits per heavy atom. The maximum Gasteiger partial charge on any atom is 0.410 e. The quantitative estimate of drug-likeness (QED) is 0.865. The SMILES string of the molecule is Cc1ccc(Cl)cc1NC(=O)C1CCCN1C(=O)OCc1ccccc1. The van der Waals surface area contributed by atoms with Gasteiger partial charge in [0.2, 0.25) is 5.91 Å². The fraction of sp³-hybridized carbons (Fsp3) is 0.300. The summed E-state index contributed by atoms with van der Waals surface area (Å²) in [6, 6.07) is 14.3. The number of nitrogens with zero attached hydrogens (tertiary/aromatic N) is 1. The van der Waals surface area contributed by atoms with E-state index in [0.717, 1.165) is 17.5 Å². The van der Waals surface area contributed by atoms with Crippen LogP contribution < -0.4 is 5.32 Å². The minimum absolute atomic E-state index is 0.192. The molecular weight excluding hydrogens is 352 g/mol. The summed E-state index contributed by atoms with van der Waals surface area (Å²) in [5, 5.41) is 3.43. The minimum Gasteiger partial charge on any atom is -0.445 e. The Kier molecular flexibility index (Phi) is 5.78. The monoisotopic (exact) mass is 372 g/mol. The molecule has 0 spiro atoms. The third-order valence-electron chi connectivity index (χ3n) is 4.45. The molecule has 6 heteroatoms. The third-order valence-corrected chi connectivity index (χ3v) is 4.69. The van der Waals surface area contributed by atoms with Crippen molar-refractivity contribution in [2.75, 3.05) is 11.9 Å². The van der Waals surface area contributed by atoms with Crippen LogP contribution in [0.15, 0.2) is 48.5 Å². The van der Waals surface area contributed by atoms with Gasteiger partial charge in [0.15, 0.2) is 0 Å². The molecule has 1 heterocycles. The molecular formula is C20H21ClN2O3. The molecule has 5 nitrogen and oxygen atoms in total. The van der Waals surface area contributed by atoms with Crippen LogP contribution in [-0.4, -0.2) is 29.5 Å². The van der Waals surface area contributed by atoms with Crippen molar-refractivity contribution in [2.45, 2.75) is 32.4 Å². The first-order valence-electron chi connectivity index (χ1n) is 8.59. The van der Waals surface area contributed by atoms with Gasteiger partial charge in [-0.1, -0.05) is 48.0 Å². The number of nitrogens with one attached hydrogen (secondary N) is 1. The van der Waals surface area contributed by atoms with Crippen LogP contribution in [0, 0.1) is 6.92 Å². The molecule has 1 fully saturated rings. The summed E-state index contributed by atoms with van der Waals surface area (Å²) in [5.74, 6) is -0.218. The second-order valence-corrected chi connectivity index (χ2v) is 6.78. The Hall–Kier alpha value is -2.53. The van der Waals surface area contributed by atoms with Crippen molar-refractivity contribution < 1.29 is 14.3 Å². The summed E-state index contributed by atoms with van der Waals surface area (Å²) in [4.78, 5) is 26.6. The van der Waals surface area contributed by atoms with E-state index in [1.165, 1.54) is 4.90 Å². The first kappa shape index (κ1) is 18.3. The number of benzene rings is 2. The lowest BCUT2D eigenvalue weighted by Crippen LogP contribution is -2.43. The summed E-state index contributed by atoms with van der Waals surface area (Å²) in [6.45, 7) is 2.60. The minimum atomic E-state index is -0.531. The summed E-state index contributed by atoms with van der Waals surface area (Å²) in [5.41, 5.74) is 2.49. The lowest BCUT2D eigenvalue weighted by molar-refractivity contribution is -0.120. The molecule has 26 heavy (non-hydrogen) atoms. The number of rotatable bonds is 4. The number of halogens is 1. The predicted molar refractivity (Wildman–Crippen MR) is 101 cm³/mol. The highest BCUT2D eigenvalue weighted by Crippen LogP contribution is 2.24. The number of aryl methyl sites for hydroxylation is 1. The van der Waals surface area contributed by atoms with E-state index in [4.69, 9.17) is 16.3 Å². The maximum absolute atomic E-state index is 12.7. The van der Waals surface area contributed by atoms with Gasteiger partial charge in [0.1, 0.15) is 12.6 Å². The molecule has 2 amide bonds. The van der Waals surface area contributed by atoms with Crippen molar-refractivity contribution in [3.8, 4) is 0 Å². The fourth-order valence-electron chi connectivity index (χ4n) is 3.00. The predicted octanol–water partition coefficient (Wildman–Crippen LogP) is 4.39. The first-order chi connectivity index (χ1) is 12.5. The number of amides is 2. The van der Waals surface area contributed by atoms with Crippen molar-refractivity contribution in [1.29, 1.82) is 0 Å². The fourth-order valence-corrected chi connectivity index (χ4v) is 3.18. The Morgan fingerprint density at radius 2 is 2.00 bits per heavy atom. The first-order valence-corrected chi connectivity index (χ1v) is 8.97. The van der Waals surface area contributed by atoms with Crippen LogP contribution in [0.5, 0.6) is 0 Å². The molecule has 0 radical (unpaired) electrons. The molecule has 0 aromatic heterocycles. The van der Waals surface area contributed by atoms with E-state index >= 15 is 0 Å². The van der Waals surface area contributed by atoms with Crippen molar-refractivity contribution in [2.24, 2.45) is 0 Å². The summed E-state index contributed by atoms with van der Waals surface area (Å²) < 4.78 is 5.37. The Labute approximate surface area is 157 Å². The summed E-state index contributed by atoms with van der Waals surface area (Å²) in [7, 11) is 0. The number of carbonyl (C=O) groups excluding carboxylic acids is 2. The highest BCUT2D eigenvalue weighted by molar-refractivity contribution is 6.31. The number of likely N-dealkylation sites (tertiary alicyclic amines) is 1. The van der Waals surface area contributed by atoms with Crippen LogP contribution >= 0.6 is 11.6 Å². The number of hydrogen-bond acceptors (Lipinski definition) is 3. The van der Waals surface area contributed by atoms with Gasteiger partial charge in [-0.3, -0.25) is 9.69 Å². The van der Waals surface area contributed by atoms with E-state index in [-0.39, 0.29) is 12.5 Å². The Morgan fingerprint density at radius 1 is 1.23 bits per heavy atom. The van der Waals surface area contributed by atoms with Crippen LogP contribution in [0.3, 0.4) is 0 Å². The average Bonchev–Trinajstić information content (AvgIpc) is 3.13. The standard InChI is InChI=1S/C20H21ClN2O3/c1-14-9-10-16(21)12-17(14)22-19(24)18-8-5-11-23(18)20(25)26-13-15-6-3-2-4-7-15/h2-4,6-7,9-10,12,18H,5,8,11,13H2,1H3,(H,22,24). The van der Waals surface area contributed by atoms with Gasteiger partial charge in [-0.15, -0.1) is 0 Å². The molecule has 0 bridgehead atoms. The highest BCUT2D eigenvalue weighted by Gasteiger charge is 2.35. The number of hydrogen-bond donors (Lipinski definition) is 1. The van der Waals surface area contributed by atoms with Crippen molar-refractivity contribution in [3.63, 3.8) is 0 Å². The van der Waals surface area contributed by atoms with Crippen molar-refractivity contribution in [1.82, 2.24) is 4.90 Å². The lowest BCUT2D eigenvalue weighted by Gasteiger charge is -2.23. The number of anilines is 1. The second kappa shape index (κ2) is 8.23. The zero-order chi connectivity index (χ0) is 18.5. The summed E-state index contributed by atoms with van der Waals surface area (Å²) >= 11 is 6.00. The van der Waals surface area contributed by atoms with Gasteiger partial charge in [0.05, 0.1) is 0 Å². The van der Waals surface area contributed by atoms with E-state index < -0.39 is 12.1 Å². The molecule has 1 aliphatic rings. The van der Waals surface area contributed by atoms with E-state index in [1.54, 1.807) is 12.1 Å². The second-order valence-electron chi connectivity index (χ2n) is 6.34. The number of ether oxygens (including phenoxy) is 1. The van der Waals surface area contributed by atoms with Gasteiger partial charge in [-0.05, 0) is 43.0 Å².